The van der Waals surface area contributed by atoms with Gasteiger partial charge in [0.05, 0.1) is 33.9 Å². The van der Waals surface area contributed by atoms with Crippen LogP contribution in [-0.4, -0.2) is 86.1 Å². The highest BCUT2D eigenvalue weighted by atomic mass is 31.2. The number of phosphoric ester groups is 1. The van der Waals surface area contributed by atoms with Crippen LogP contribution in [-0.2, 0) is 45.5 Å². The van der Waals surface area contributed by atoms with Crippen molar-refractivity contribution in [1.82, 2.24) is 0 Å². The lowest BCUT2D eigenvalue weighted by Crippen LogP contribution is -2.37. The Morgan fingerprint density at radius 1 is 0.667 bits per heavy atom. The highest BCUT2D eigenvalue weighted by molar-refractivity contribution is 7.47. The fourth-order valence-electron chi connectivity index (χ4n) is 6.83. The van der Waals surface area contributed by atoms with Gasteiger partial charge in [0.1, 0.15) is 31.3 Å². The number of aliphatic hydroxyl groups excluding tert-OH is 1. The van der Waals surface area contributed by atoms with Crippen LogP contribution < -0.4 is 0 Å². The van der Waals surface area contributed by atoms with E-state index >= 15 is 0 Å². The Labute approximate surface area is 400 Å². The molecule has 12 heteroatoms. The highest BCUT2D eigenvalue weighted by Crippen LogP contribution is 2.43. The molecule has 0 fully saturated rings. The van der Waals surface area contributed by atoms with E-state index in [-0.39, 0.29) is 26.1 Å². The molecule has 0 amide bonds. The van der Waals surface area contributed by atoms with E-state index in [1.165, 1.54) is 80.4 Å². The molecule has 11 nitrogen and oxygen atoms in total. The van der Waals surface area contributed by atoms with Gasteiger partial charge in [-0.2, -0.15) is 0 Å². The average Bonchev–Trinajstić information content (AvgIpc) is 3.53. The van der Waals surface area contributed by atoms with Gasteiger partial charge in [-0.05, 0) is 82.8 Å². The van der Waals surface area contributed by atoms with Gasteiger partial charge < -0.3 is 28.4 Å². The van der Waals surface area contributed by atoms with Crippen molar-refractivity contribution >= 4 is 19.8 Å². The number of carbonyl (C=O) groups is 2. The number of rotatable bonds is 41. The van der Waals surface area contributed by atoms with Gasteiger partial charge in [0.25, 0.3) is 0 Å². The van der Waals surface area contributed by atoms with Crippen LogP contribution in [0.5, 0.6) is 0 Å². The highest BCUT2D eigenvalue weighted by Gasteiger charge is 2.27. The molecule has 0 spiro atoms. The summed E-state index contributed by atoms with van der Waals surface area (Å²) in [6.07, 6.45) is 44.0. The largest absolute Gasteiger partial charge is 0.472 e. The number of allylic oxidation sites excluding steroid dienone is 10. The predicted octanol–water partition coefficient (Wildman–Crippen LogP) is 13.2. The van der Waals surface area contributed by atoms with Crippen LogP contribution in [0.3, 0.4) is 0 Å². The average molecular weight is 945 g/mol. The van der Waals surface area contributed by atoms with Gasteiger partial charge in [-0.1, -0.05) is 151 Å². The first kappa shape index (κ1) is 60.7. The minimum Gasteiger partial charge on any atom is -0.466 e. The van der Waals surface area contributed by atoms with Crippen LogP contribution in [0.1, 0.15) is 171 Å². The molecule has 1 aromatic heterocycles. The van der Waals surface area contributed by atoms with Crippen molar-refractivity contribution in [3.05, 3.63) is 95.6 Å². The molecule has 0 aliphatic rings. The van der Waals surface area contributed by atoms with Crippen molar-refractivity contribution in [2.24, 2.45) is 0 Å². The first-order valence-electron chi connectivity index (χ1n) is 25.1. The lowest BCUT2D eigenvalue weighted by molar-refractivity contribution is -0.870. The van der Waals surface area contributed by atoms with Crippen LogP contribution in [0.2, 0.25) is 0 Å². The van der Waals surface area contributed by atoms with Crippen molar-refractivity contribution in [2.75, 3.05) is 47.5 Å². The zero-order chi connectivity index (χ0) is 48.7. The standard InChI is InChI=1S/C54H90NO10P/c1-8-10-31-37-49(56)38-33-27-23-19-15-13-12-14-16-21-25-29-35-41-53(57)61-45-50(46-63-66(59,60)62-44-43-55(5,6)7)64-54(58)42-36-30-26-22-18-17-20-24-28-34-40-52-48(4)47(3)51(65-52)39-32-11-9-2/h10,13-16,23,25,27,29,31,33,38,49-50,56H,8-9,11-12,17-22,24,26,28,30,32,34-37,39-46H2,1-7H3/p+1/b15-13-,16-14-,27-23+,29-25-,31-10-,38-33+/t49?,50-/m1/s1. The molecule has 0 aromatic carbocycles. The van der Waals surface area contributed by atoms with Crippen molar-refractivity contribution in [1.29, 1.82) is 0 Å². The number of phosphoric acid groups is 1. The number of furan rings is 1. The molecule has 0 saturated carbocycles. The summed E-state index contributed by atoms with van der Waals surface area (Å²) in [5, 5.41) is 9.86. The van der Waals surface area contributed by atoms with Crippen LogP contribution in [0.25, 0.3) is 0 Å². The fraction of sp³-hybridized carbons (Fsp3) is 0.667. The number of carbonyl (C=O) groups excluding carboxylic acids is 2. The van der Waals surface area contributed by atoms with Gasteiger partial charge in [0.15, 0.2) is 6.10 Å². The van der Waals surface area contributed by atoms with Gasteiger partial charge in [0, 0.05) is 25.7 Å². The molecule has 2 N–H and O–H groups in total. The van der Waals surface area contributed by atoms with Gasteiger partial charge >= 0.3 is 19.8 Å². The summed E-state index contributed by atoms with van der Waals surface area (Å²) >= 11 is 0. The minimum absolute atomic E-state index is 0.00469. The Kier molecular flexibility index (Phi) is 35.5. The molecule has 0 radical (unpaired) electrons. The maximum Gasteiger partial charge on any atom is 0.472 e. The normalized spacial score (nSPS) is 14.5. The summed E-state index contributed by atoms with van der Waals surface area (Å²) in [5.41, 5.74) is 2.68. The van der Waals surface area contributed by atoms with Gasteiger partial charge in [-0.15, -0.1) is 0 Å². The van der Waals surface area contributed by atoms with E-state index in [2.05, 4.69) is 58.1 Å². The van der Waals surface area contributed by atoms with Crippen LogP contribution in [0.4, 0.5) is 0 Å². The maximum absolute atomic E-state index is 12.8. The third kappa shape index (κ3) is 34.9. The zero-order valence-corrected chi connectivity index (χ0v) is 43.1. The number of ether oxygens (including phenoxy) is 2. The van der Waals surface area contributed by atoms with E-state index in [1.807, 2.05) is 57.6 Å². The number of unbranched alkanes of at least 4 members (excludes halogenated alkanes) is 11. The summed E-state index contributed by atoms with van der Waals surface area (Å²) < 4.78 is 40.6. The smallest absolute Gasteiger partial charge is 0.466 e. The Bertz CT molecular complexity index is 1650. The van der Waals surface area contributed by atoms with Crippen LogP contribution in [0.15, 0.2) is 77.3 Å². The van der Waals surface area contributed by atoms with Gasteiger partial charge in [-0.25, -0.2) is 4.57 Å². The number of hydrogen-bond donors (Lipinski definition) is 2. The molecular weight excluding hydrogens is 854 g/mol. The van der Waals surface area contributed by atoms with E-state index in [4.69, 9.17) is 22.9 Å². The summed E-state index contributed by atoms with van der Waals surface area (Å²) in [7, 11) is 1.39. The monoisotopic (exact) mass is 945 g/mol. The predicted molar refractivity (Wildman–Crippen MR) is 270 cm³/mol. The lowest BCUT2D eigenvalue weighted by Gasteiger charge is -2.24. The van der Waals surface area contributed by atoms with Crippen LogP contribution in [0, 0.1) is 13.8 Å². The van der Waals surface area contributed by atoms with Crippen molar-refractivity contribution in [2.45, 2.75) is 188 Å². The number of likely N-dealkylation sites (N-methyl/N-ethyl adjacent to an activating group) is 1. The molecule has 376 valence electrons. The SMILES string of the molecule is CC/C=C\CC(O)/C=C/C=C/C/C=C\C/C=C\C/C=C\CCC(=O)OC[C@H](COP(=O)(O)OCC[N+](C)(C)C)OC(=O)CCCCCCCCCCCCc1oc(CCCCC)c(C)c1C. The Morgan fingerprint density at radius 2 is 1.23 bits per heavy atom. The Balaban J connectivity index is 2.36. The molecule has 0 aliphatic heterocycles. The molecule has 66 heavy (non-hydrogen) atoms. The number of aliphatic hydroxyl groups is 1. The van der Waals surface area contributed by atoms with E-state index in [9.17, 15) is 24.2 Å². The minimum atomic E-state index is -4.42. The Hall–Kier alpha value is -3.31. The first-order chi connectivity index (χ1) is 31.7. The summed E-state index contributed by atoms with van der Waals surface area (Å²) in [5.74, 6) is 1.43. The number of hydrogen-bond acceptors (Lipinski definition) is 9. The molecule has 3 atom stereocenters. The van der Waals surface area contributed by atoms with Crippen molar-refractivity contribution in [3.63, 3.8) is 0 Å². The first-order valence-corrected chi connectivity index (χ1v) is 26.6. The molecule has 0 saturated heterocycles. The number of esters is 2. The second-order valence-electron chi connectivity index (χ2n) is 18.3. The van der Waals surface area contributed by atoms with Crippen molar-refractivity contribution < 1.29 is 51.6 Å². The third-order valence-electron chi connectivity index (χ3n) is 11.0. The summed E-state index contributed by atoms with van der Waals surface area (Å²) in [4.78, 5) is 35.6. The molecule has 1 rings (SSSR count). The van der Waals surface area contributed by atoms with E-state index < -0.39 is 38.6 Å². The lowest BCUT2D eigenvalue weighted by atomic mass is 10.0. The van der Waals surface area contributed by atoms with E-state index in [0.717, 1.165) is 57.8 Å². The molecule has 1 heterocycles. The Morgan fingerprint density at radius 3 is 1.82 bits per heavy atom. The van der Waals surface area contributed by atoms with Gasteiger partial charge in [-0.3, -0.25) is 18.6 Å². The number of quaternary nitrogens is 1. The molecule has 0 aliphatic carbocycles. The molecule has 1 aromatic rings. The van der Waals surface area contributed by atoms with Crippen molar-refractivity contribution in [3.8, 4) is 0 Å². The quantitative estimate of drug-likeness (QED) is 0.0163. The topological polar surface area (TPSA) is 142 Å². The zero-order valence-electron chi connectivity index (χ0n) is 42.2. The number of nitrogens with zero attached hydrogens (tertiary/aromatic N) is 1. The summed E-state index contributed by atoms with van der Waals surface area (Å²) in [6, 6.07) is 0. The fourth-order valence-corrected chi connectivity index (χ4v) is 7.57. The molecule has 0 bridgehead atoms. The maximum atomic E-state index is 12.8. The van der Waals surface area contributed by atoms with E-state index in [0.29, 0.717) is 30.3 Å². The summed E-state index contributed by atoms with van der Waals surface area (Å²) in [6.45, 7) is 8.45. The van der Waals surface area contributed by atoms with Gasteiger partial charge in [0.2, 0.25) is 0 Å². The second kappa shape index (κ2) is 38.6. The third-order valence-corrected chi connectivity index (χ3v) is 12.0. The molecular formula is C54H91NO10P+. The van der Waals surface area contributed by atoms with Crippen LogP contribution >= 0.6 is 7.82 Å². The second-order valence-corrected chi connectivity index (χ2v) is 19.7. The number of aryl methyl sites for hydroxylation is 2. The molecule has 2 unspecified atom stereocenters. The van der Waals surface area contributed by atoms with E-state index in [1.54, 1.807) is 6.08 Å².